The van der Waals surface area contributed by atoms with Gasteiger partial charge in [-0.2, -0.15) is 0 Å². The van der Waals surface area contributed by atoms with Crippen molar-refractivity contribution in [1.82, 2.24) is 9.88 Å². The van der Waals surface area contributed by atoms with Crippen molar-refractivity contribution in [3.63, 3.8) is 0 Å². The molecule has 0 bridgehead atoms. The lowest BCUT2D eigenvalue weighted by molar-refractivity contribution is -0.302. The third kappa shape index (κ3) is 13.0. The van der Waals surface area contributed by atoms with E-state index in [4.69, 9.17) is 40.1 Å². The van der Waals surface area contributed by atoms with Crippen molar-refractivity contribution in [1.29, 1.82) is 0 Å². The number of benzene rings is 1. The highest BCUT2D eigenvalue weighted by molar-refractivity contribution is 6.30. The van der Waals surface area contributed by atoms with E-state index in [1.165, 1.54) is 6.92 Å². The first kappa shape index (κ1) is 51.4. The van der Waals surface area contributed by atoms with Crippen molar-refractivity contribution in [2.45, 2.75) is 161 Å². The highest BCUT2D eigenvalue weighted by atomic mass is 35.5. The molecule has 3 N–H and O–H groups in total. The molecule has 0 aliphatic carbocycles. The number of ether oxygens (including phenoxy) is 5. The van der Waals surface area contributed by atoms with Gasteiger partial charge in [0.2, 0.25) is 0 Å². The minimum Gasteiger partial charge on any atom is -0.461 e. The van der Waals surface area contributed by atoms with Gasteiger partial charge in [0, 0.05) is 48.3 Å². The van der Waals surface area contributed by atoms with E-state index in [1.807, 2.05) is 53.8 Å². The van der Waals surface area contributed by atoms with E-state index in [1.54, 1.807) is 64.5 Å². The summed E-state index contributed by atoms with van der Waals surface area (Å²) in [5, 5.41) is 41.1. The number of rotatable bonds is 14. The average molecular weight is 891 g/mol. The van der Waals surface area contributed by atoms with Crippen molar-refractivity contribution in [2.75, 3.05) is 27.3 Å². The van der Waals surface area contributed by atoms with E-state index >= 15 is 0 Å². The Balaban J connectivity index is 1.83. The molecule has 2 fully saturated rings. The first-order chi connectivity index (χ1) is 29.3. The number of cyclic esters (lactones) is 1. The van der Waals surface area contributed by atoms with Crippen LogP contribution in [-0.4, -0.2) is 130 Å². The number of carbonyl (C=O) groups excluding carboxylic acids is 2. The van der Waals surface area contributed by atoms with Gasteiger partial charge in [-0.05, 0) is 109 Å². The molecule has 0 amide bonds. The van der Waals surface area contributed by atoms with E-state index in [2.05, 4.69) is 15.0 Å². The van der Waals surface area contributed by atoms with Crippen molar-refractivity contribution >= 4 is 29.3 Å². The summed E-state index contributed by atoms with van der Waals surface area (Å²) in [5.41, 5.74) is -0.977. The average Bonchev–Trinajstić information content (AvgIpc) is 3.25. The Kier molecular flexibility index (Phi) is 19.2. The molecular formula is C47H72ClN3O11. The molecule has 62 heavy (non-hydrogen) atoms. The van der Waals surface area contributed by atoms with Gasteiger partial charge >= 0.3 is 11.9 Å². The summed E-state index contributed by atoms with van der Waals surface area (Å²) < 4.78 is 32.1. The van der Waals surface area contributed by atoms with Crippen LogP contribution in [0.2, 0.25) is 5.02 Å². The molecule has 2 aromatic rings. The maximum Gasteiger partial charge on any atom is 0.312 e. The highest BCUT2D eigenvalue weighted by Gasteiger charge is 2.52. The standard InChI is InChI=1S/C47H72ClN3O11/c1-12-37-47(9,56)42(54)30(5)39(50-58-24-14-15-33-20-22-49-23-21-33)28(3)27-46(8,57-11)43(62-45-40(53)36(51(10)13-2)25-29(4)59-45)31(6)41(32(7)44(55)60-37)61-38(52)26-34-16-18-35(48)19-17-34/h16-23,28-32,36-37,40-43,45,53-54,56H,12-15,24-27H2,1-11H3/b50-39-/t28-,29-,30+,31+,32-,36+,37-,40-,41+,42-,43-,45+,46+,47-/m1/s1. The zero-order valence-corrected chi connectivity index (χ0v) is 39.3. The number of halogens is 1. The van der Waals surface area contributed by atoms with Crippen molar-refractivity contribution in [3.05, 3.63) is 64.9 Å². The second-order valence-electron chi connectivity index (χ2n) is 17.9. The Hall–Kier alpha value is -3.21. The van der Waals surface area contributed by atoms with Gasteiger partial charge in [-0.1, -0.05) is 63.5 Å². The number of aryl methyl sites for hydroxylation is 1. The first-order valence-corrected chi connectivity index (χ1v) is 22.5. The number of aromatic nitrogens is 1. The van der Waals surface area contributed by atoms with E-state index < -0.39 is 83.6 Å². The Labute approximate surface area is 373 Å². The van der Waals surface area contributed by atoms with Gasteiger partial charge in [0.25, 0.3) is 0 Å². The number of aliphatic hydroxyl groups is 3. The number of aliphatic hydroxyl groups excluding tert-OH is 2. The van der Waals surface area contributed by atoms with Crippen LogP contribution in [0.3, 0.4) is 0 Å². The lowest BCUT2D eigenvalue weighted by atomic mass is 9.73. The minimum atomic E-state index is -1.94. The number of esters is 2. The van der Waals surface area contributed by atoms with Gasteiger partial charge in [-0.25, -0.2) is 0 Å². The monoisotopic (exact) mass is 889 g/mol. The van der Waals surface area contributed by atoms with Crippen LogP contribution in [0.25, 0.3) is 0 Å². The van der Waals surface area contributed by atoms with Crippen LogP contribution in [0.15, 0.2) is 53.9 Å². The van der Waals surface area contributed by atoms with Crippen molar-refractivity contribution < 1.29 is 53.4 Å². The molecular weight excluding hydrogens is 818 g/mol. The van der Waals surface area contributed by atoms with E-state index in [0.717, 1.165) is 12.0 Å². The van der Waals surface area contributed by atoms with Crippen molar-refractivity contribution in [3.8, 4) is 0 Å². The van der Waals surface area contributed by atoms with Gasteiger partial charge in [0.15, 0.2) is 6.29 Å². The molecule has 0 saturated carbocycles. The largest absolute Gasteiger partial charge is 0.461 e. The fourth-order valence-electron chi connectivity index (χ4n) is 9.10. The molecule has 1 aromatic carbocycles. The molecule has 348 valence electrons. The number of likely N-dealkylation sites (N-methyl/N-ethyl adjacent to an activating group) is 1. The van der Waals surface area contributed by atoms with Gasteiger partial charge in [-0.15, -0.1) is 0 Å². The molecule has 0 radical (unpaired) electrons. The molecule has 15 heteroatoms. The second-order valence-corrected chi connectivity index (χ2v) is 18.3. The molecule has 3 heterocycles. The maximum absolute atomic E-state index is 14.3. The summed E-state index contributed by atoms with van der Waals surface area (Å²) in [6, 6.07) is 10.4. The molecule has 4 rings (SSSR count). The molecule has 2 saturated heterocycles. The maximum atomic E-state index is 14.3. The van der Waals surface area contributed by atoms with Crippen LogP contribution in [-0.2, 0) is 51.0 Å². The number of methoxy groups -OCH3 is 1. The topological polar surface area (TPSA) is 179 Å². The smallest absolute Gasteiger partial charge is 0.312 e. The van der Waals surface area contributed by atoms with Crippen molar-refractivity contribution in [2.24, 2.45) is 28.8 Å². The first-order valence-electron chi connectivity index (χ1n) is 22.2. The number of nitrogens with zero attached hydrogens (tertiary/aromatic N) is 3. The van der Waals surface area contributed by atoms with Crippen LogP contribution < -0.4 is 0 Å². The summed E-state index contributed by atoms with van der Waals surface area (Å²) in [7, 11) is 3.49. The summed E-state index contributed by atoms with van der Waals surface area (Å²) >= 11 is 6.12. The zero-order valence-electron chi connectivity index (χ0n) is 38.5. The van der Waals surface area contributed by atoms with Crippen LogP contribution in [0.1, 0.15) is 99.1 Å². The molecule has 0 spiro atoms. The summed E-state index contributed by atoms with van der Waals surface area (Å²) in [6.07, 6.45) is -1.54. The Morgan fingerprint density at radius 3 is 2.29 bits per heavy atom. The zero-order chi connectivity index (χ0) is 45.9. The van der Waals surface area contributed by atoms with Gasteiger partial charge < -0.3 is 48.7 Å². The second kappa shape index (κ2) is 23.1. The molecule has 0 unspecified atom stereocenters. The number of oxime groups is 1. The Morgan fingerprint density at radius 2 is 1.68 bits per heavy atom. The predicted molar refractivity (Wildman–Crippen MR) is 236 cm³/mol. The van der Waals surface area contributed by atoms with Crippen LogP contribution in [0.5, 0.6) is 0 Å². The predicted octanol–water partition coefficient (Wildman–Crippen LogP) is 6.18. The van der Waals surface area contributed by atoms with E-state index in [9.17, 15) is 24.9 Å². The lowest BCUT2D eigenvalue weighted by Crippen LogP contribution is -2.61. The fourth-order valence-corrected chi connectivity index (χ4v) is 9.22. The quantitative estimate of drug-likeness (QED) is 0.111. The number of hydrogen-bond acceptors (Lipinski definition) is 14. The summed E-state index contributed by atoms with van der Waals surface area (Å²) in [6.45, 7) is 17.1. The Morgan fingerprint density at radius 1 is 1.02 bits per heavy atom. The SMILES string of the molecule is CC[C@H]1OC(=O)[C@H](C)[C@@H](OC(=O)Cc2ccc(Cl)cc2)[C@H](C)[C@@H](O[C@@H]2O[C@H](C)C[C@H](N(C)CC)[C@H]2O)[C@@](C)(OC)C[C@@H](C)/C(=N/OCCCc2ccncc2)[C@H](C)[C@@H](O)[C@]1(C)O. The van der Waals surface area contributed by atoms with Gasteiger partial charge in [-0.3, -0.25) is 14.6 Å². The van der Waals surface area contributed by atoms with E-state index in [-0.39, 0.29) is 38.0 Å². The Bertz CT molecular complexity index is 1740. The highest BCUT2D eigenvalue weighted by Crippen LogP contribution is 2.40. The van der Waals surface area contributed by atoms with Crippen LogP contribution >= 0.6 is 11.6 Å². The van der Waals surface area contributed by atoms with Gasteiger partial charge in [0.1, 0.15) is 30.5 Å². The van der Waals surface area contributed by atoms with Gasteiger partial charge in [0.05, 0.1) is 42.0 Å². The number of pyridine rings is 1. The number of hydrogen-bond donors (Lipinski definition) is 3. The third-order valence-corrected chi connectivity index (χ3v) is 13.3. The molecule has 1 aromatic heterocycles. The van der Waals surface area contributed by atoms with Crippen LogP contribution in [0, 0.1) is 23.7 Å². The molecule has 14 nitrogen and oxygen atoms in total. The minimum absolute atomic E-state index is 0.113. The fraction of sp³-hybridized carbons (Fsp3) is 0.702. The van der Waals surface area contributed by atoms with Crippen LogP contribution in [0.4, 0.5) is 0 Å². The number of carbonyl (C=O) groups is 2. The van der Waals surface area contributed by atoms with E-state index in [0.29, 0.717) is 35.7 Å². The molecule has 2 aliphatic heterocycles. The lowest BCUT2D eigenvalue weighted by Gasteiger charge is -2.48. The molecule has 14 atom stereocenters. The third-order valence-electron chi connectivity index (χ3n) is 13.1. The summed E-state index contributed by atoms with van der Waals surface area (Å²) in [4.78, 5) is 40.3. The summed E-state index contributed by atoms with van der Waals surface area (Å²) in [5.74, 6) is -4.52. The molecule has 2 aliphatic rings. The normalized spacial score (nSPS) is 35.9.